The summed E-state index contributed by atoms with van der Waals surface area (Å²) in [5, 5.41) is 4.83. The van der Waals surface area contributed by atoms with Gasteiger partial charge in [0, 0.05) is 33.6 Å². The average molecular weight is 598 g/mol. The second kappa shape index (κ2) is 10.6. The Balaban J connectivity index is 1.62. The summed E-state index contributed by atoms with van der Waals surface area (Å²) in [5.41, 5.74) is -0.0958. The molecule has 2 aromatic carbocycles. The highest BCUT2D eigenvalue weighted by Crippen LogP contribution is 2.40. The van der Waals surface area contributed by atoms with E-state index in [-0.39, 0.29) is 42.5 Å². The highest BCUT2D eigenvalue weighted by atomic mass is 35.5. The lowest BCUT2D eigenvalue weighted by molar-refractivity contribution is -0.179. The van der Waals surface area contributed by atoms with E-state index in [9.17, 15) is 39.9 Å². The van der Waals surface area contributed by atoms with E-state index in [0.717, 1.165) is 18.2 Å². The predicted octanol–water partition coefficient (Wildman–Crippen LogP) is 7.04. The molecule has 0 aliphatic carbocycles. The molecule has 0 spiro atoms. The number of aryl methyl sites for hydroxylation is 1. The topological polar surface area (TPSA) is 62.2 Å². The van der Waals surface area contributed by atoms with Gasteiger partial charge in [0.25, 0.3) is 5.91 Å². The Morgan fingerprint density at radius 1 is 1.05 bits per heavy atom. The summed E-state index contributed by atoms with van der Waals surface area (Å²) >= 11 is 6.41. The highest BCUT2D eigenvalue weighted by Gasteiger charge is 2.41. The van der Waals surface area contributed by atoms with Crippen LogP contribution in [0, 0.1) is 5.92 Å². The molecule has 218 valence electrons. The van der Waals surface area contributed by atoms with E-state index in [1.165, 1.54) is 17.7 Å². The molecule has 1 fully saturated rings. The molecule has 3 aromatic rings. The molecule has 0 bridgehead atoms. The van der Waals surface area contributed by atoms with Crippen molar-refractivity contribution in [1.82, 2.24) is 14.9 Å². The summed E-state index contributed by atoms with van der Waals surface area (Å²) in [7, 11) is 1.53. The molecule has 0 unspecified atom stereocenters. The van der Waals surface area contributed by atoms with Gasteiger partial charge in [-0.25, -0.2) is 4.98 Å². The number of hydrogen-bond donors (Lipinski definition) is 2. The van der Waals surface area contributed by atoms with Crippen molar-refractivity contribution in [3.05, 3.63) is 46.5 Å². The van der Waals surface area contributed by atoms with Crippen LogP contribution < -0.4 is 15.5 Å². The second-order valence-electron chi connectivity index (χ2n) is 9.66. The van der Waals surface area contributed by atoms with Crippen LogP contribution in [0.25, 0.3) is 11.0 Å². The molecular formula is C25H24ClF8N5O. The Bertz CT molecular complexity index is 1410. The molecule has 4 rings (SSSR count). The van der Waals surface area contributed by atoms with Crippen LogP contribution in [-0.4, -0.2) is 40.6 Å². The van der Waals surface area contributed by atoms with Crippen molar-refractivity contribution in [3.63, 3.8) is 0 Å². The zero-order valence-electron chi connectivity index (χ0n) is 21.2. The highest BCUT2D eigenvalue weighted by molar-refractivity contribution is 6.34. The Morgan fingerprint density at radius 3 is 2.27 bits per heavy atom. The summed E-state index contributed by atoms with van der Waals surface area (Å²) in [6.45, 7) is 0.207. The van der Waals surface area contributed by atoms with Crippen molar-refractivity contribution in [2.75, 3.05) is 23.3 Å². The Morgan fingerprint density at radius 2 is 1.70 bits per heavy atom. The first-order valence-electron chi connectivity index (χ1n) is 12.1. The molecule has 1 amide bonds. The maximum atomic E-state index is 13.7. The van der Waals surface area contributed by atoms with Gasteiger partial charge in [0.1, 0.15) is 0 Å². The fraction of sp³-hybridized carbons (Fsp3) is 0.440. The number of halogens is 9. The first-order valence-corrected chi connectivity index (χ1v) is 12.4. The fourth-order valence-electron chi connectivity index (χ4n) is 4.51. The zero-order valence-corrected chi connectivity index (χ0v) is 21.9. The fourth-order valence-corrected chi connectivity index (χ4v) is 4.79. The number of fused-ring (bicyclic) bond motifs is 1. The van der Waals surface area contributed by atoms with Crippen molar-refractivity contribution in [2.45, 2.75) is 44.6 Å². The first kappa shape index (κ1) is 29.7. The number of aromatic nitrogens is 2. The molecule has 1 aromatic heterocycles. The number of benzene rings is 2. The predicted molar refractivity (Wildman–Crippen MR) is 134 cm³/mol. The molecule has 1 aliphatic heterocycles. The smallest absolute Gasteiger partial charge is 0.370 e. The Labute approximate surface area is 228 Å². The number of alkyl halides is 8. The minimum absolute atomic E-state index is 0.00854. The SMILES string of the molecule is Cn1c(Nc2cc(CNC(=O)C(C)(F)F)ccc2C(F)(F)F)nc2cc(Cl)c(N3CCC(C(F)(F)F)CC3)cc21. The number of amides is 1. The number of anilines is 3. The minimum atomic E-state index is -4.77. The van der Waals surface area contributed by atoms with Gasteiger partial charge in [-0.2, -0.15) is 35.1 Å². The van der Waals surface area contributed by atoms with Crippen LogP contribution in [-0.2, 0) is 24.6 Å². The van der Waals surface area contributed by atoms with Crippen molar-refractivity contribution in [1.29, 1.82) is 0 Å². The standard InChI is InChI=1S/C25H24ClF8N5O/c1-23(27,28)21(40)35-12-13-3-4-15(25(32,33)34)17(9-13)36-22-37-18-10-16(26)19(11-20(18)38(22)2)39-7-5-14(6-8-39)24(29,30)31/h3-4,9-11,14H,5-8,12H2,1-2H3,(H,35,40)(H,36,37). The molecular weight excluding hydrogens is 574 g/mol. The third-order valence-corrected chi connectivity index (χ3v) is 7.04. The van der Waals surface area contributed by atoms with Gasteiger partial charge in [-0.15, -0.1) is 0 Å². The summed E-state index contributed by atoms with van der Waals surface area (Å²) in [5.74, 6) is -6.64. The molecule has 1 aliphatic rings. The van der Waals surface area contributed by atoms with Crippen molar-refractivity contribution >= 4 is 45.9 Å². The second-order valence-corrected chi connectivity index (χ2v) is 10.1. The van der Waals surface area contributed by atoms with E-state index in [2.05, 4.69) is 10.3 Å². The number of carbonyl (C=O) groups is 1. The maximum Gasteiger partial charge on any atom is 0.418 e. The Kier molecular flexibility index (Phi) is 7.87. The first-order chi connectivity index (χ1) is 18.4. The lowest BCUT2D eigenvalue weighted by atomic mass is 9.96. The number of piperidine rings is 1. The normalized spacial score (nSPS) is 15.5. The number of nitrogens with zero attached hydrogens (tertiary/aromatic N) is 3. The van der Waals surface area contributed by atoms with E-state index in [1.807, 2.05) is 5.32 Å². The largest absolute Gasteiger partial charge is 0.418 e. The molecule has 0 atom stereocenters. The molecule has 2 N–H and O–H groups in total. The molecule has 1 saturated heterocycles. The van der Waals surface area contributed by atoms with Crippen LogP contribution in [0.2, 0.25) is 5.02 Å². The van der Waals surface area contributed by atoms with Crippen molar-refractivity contribution in [2.24, 2.45) is 13.0 Å². The van der Waals surface area contributed by atoms with Crippen molar-refractivity contribution in [3.8, 4) is 0 Å². The van der Waals surface area contributed by atoms with E-state index in [4.69, 9.17) is 11.6 Å². The lowest BCUT2D eigenvalue weighted by Gasteiger charge is -2.34. The third kappa shape index (κ3) is 6.37. The van der Waals surface area contributed by atoms with Gasteiger partial charge in [-0.3, -0.25) is 4.79 Å². The van der Waals surface area contributed by atoms with Crippen LogP contribution in [0.1, 0.15) is 30.9 Å². The van der Waals surface area contributed by atoms with Crippen LogP contribution in [0.5, 0.6) is 0 Å². The zero-order chi connectivity index (χ0) is 29.6. The number of nitrogens with one attached hydrogen (secondary N) is 2. The summed E-state index contributed by atoms with van der Waals surface area (Å²) in [6, 6.07) is 5.99. The lowest BCUT2D eigenvalue weighted by Crippen LogP contribution is -2.39. The van der Waals surface area contributed by atoms with E-state index < -0.39 is 47.9 Å². The van der Waals surface area contributed by atoms with Gasteiger partial charge in [0.2, 0.25) is 5.95 Å². The van der Waals surface area contributed by atoms with Crippen LogP contribution in [0.4, 0.5) is 52.4 Å². The van der Waals surface area contributed by atoms with Gasteiger partial charge in [0.15, 0.2) is 0 Å². The third-order valence-electron chi connectivity index (χ3n) is 6.74. The molecule has 15 heteroatoms. The number of hydrogen-bond acceptors (Lipinski definition) is 4. The maximum absolute atomic E-state index is 13.7. The van der Waals surface area contributed by atoms with Crippen LogP contribution in [0.15, 0.2) is 30.3 Å². The molecule has 6 nitrogen and oxygen atoms in total. The van der Waals surface area contributed by atoms with Crippen LogP contribution in [0.3, 0.4) is 0 Å². The number of rotatable bonds is 6. The van der Waals surface area contributed by atoms with E-state index in [1.54, 1.807) is 11.0 Å². The van der Waals surface area contributed by atoms with Crippen LogP contribution >= 0.6 is 11.6 Å². The molecule has 0 radical (unpaired) electrons. The van der Waals surface area contributed by atoms with Gasteiger partial charge in [-0.05, 0) is 42.7 Å². The summed E-state index contributed by atoms with van der Waals surface area (Å²) in [4.78, 5) is 17.5. The molecule has 0 saturated carbocycles. The quantitative estimate of drug-likeness (QED) is 0.299. The van der Waals surface area contributed by atoms with E-state index in [0.29, 0.717) is 23.6 Å². The van der Waals surface area contributed by atoms with E-state index >= 15 is 0 Å². The number of carbonyl (C=O) groups excluding carboxylic acids is 1. The van der Waals surface area contributed by atoms with Crippen molar-refractivity contribution < 1.29 is 39.9 Å². The number of imidazole rings is 1. The summed E-state index contributed by atoms with van der Waals surface area (Å²) in [6.07, 6.45) is -9.24. The van der Waals surface area contributed by atoms with Gasteiger partial charge in [-0.1, -0.05) is 17.7 Å². The summed E-state index contributed by atoms with van der Waals surface area (Å²) < 4.78 is 108. The van der Waals surface area contributed by atoms with Gasteiger partial charge in [0.05, 0.1) is 38.9 Å². The molecule has 40 heavy (non-hydrogen) atoms. The van der Waals surface area contributed by atoms with Gasteiger partial charge < -0.3 is 20.1 Å². The molecule has 2 heterocycles. The minimum Gasteiger partial charge on any atom is -0.370 e. The Hall–Kier alpha value is -3.29. The monoisotopic (exact) mass is 597 g/mol. The average Bonchev–Trinajstić information content (AvgIpc) is 3.14. The van der Waals surface area contributed by atoms with Gasteiger partial charge >= 0.3 is 18.3 Å².